The van der Waals surface area contributed by atoms with E-state index in [9.17, 15) is 18.4 Å². The van der Waals surface area contributed by atoms with Crippen LogP contribution in [0.25, 0.3) is 0 Å². The summed E-state index contributed by atoms with van der Waals surface area (Å²) in [6.45, 7) is 0. The Kier molecular flexibility index (Phi) is 4.17. The third-order valence-electron chi connectivity index (χ3n) is 2.03. The number of Topliss-reactive ketones (excluding diaryl/α,β-unsaturated/α-hetero) is 2. The van der Waals surface area contributed by atoms with Crippen molar-refractivity contribution in [2.24, 2.45) is 0 Å². The van der Waals surface area contributed by atoms with Gasteiger partial charge in [0.05, 0.1) is 13.5 Å². The highest BCUT2D eigenvalue weighted by Crippen LogP contribution is 2.23. The van der Waals surface area contributed by atoms with E-state index in [0.717, 1.165) is 0 Å². The lowest BCUT2D eigenvalue weighted by Crippen LogP contribution is -2.24. The fraction of sp³-hybridized carbons (Fsp3) is 0.273. The maximum atomic E-state index is 12.4. The summed E-state index contributed by atoms with van der Waals surface area (Å²) in [6, 6.07) is 5.89. The normalized spacial score (nSPS) is 11.1. The molecule has 0 saturated carbocycles. The van der Waals surface area contributed by atoms with Gasteiger partial charge in [0, 0.05) is 5.56 Å². The lowest BCUT2D eigenvalue weighted by atomic mass is 10.1. The second-order valence-corrected chi connectivity index (χ2v) is 3.73. The zero-order chi connectivity index (χ0) is 13.1. The van der Waals surface area contributed by atoms with Gasteiger partial charge in [0.1, 0.15) is 5.75 Å². The first-order valence-electron chi connectivity index (χ1n) is 4.62. The van der Waals surface area contributed by atoms with Crippen molar-refractivity contribution in [1.82, 2.24) is 0 Å². The molecule has 6 heteroatoms. The number of ether oxygens (including phenoxy) is 1. The van der Waals surface area contributed by atoms with Crippen molar-refractivity contribution in [2.45, 2.75) is 11.8 Å². The van der Waals surface area contributed by atoms with Crippen molar-refractivity contribution in [2.75, 3.05) is 7.11 Å². The number of ketones is 2. The molecule has 0 fully saturated rings. The highest BCUT2D eigenvalue weighted by molar-refractivity contribution is 6.34. The van der Waals surface area contributed by atoms with Gasteiger partial charge in [0.2, 0.25) is 5.78 Å². The first-order chi connectivity index (χ1) is 7.84. The van der Waals surface area contributed by atoms with Gasteiger partial charge in [-0.1, -0.05) is 12.1 Å². The minimum atomic E-state index is -4.01. The number of halogens is 3. The molecule has 0 heterocycles. The SMILES string of the molecule is COc1cccc(C(=O)CC(=O)C(F)(F)Cl)c1. The molecule has 0 N–H and O–H groups in total. The molecule has 3 nitrogen and oxygen atoms in total. The van der Waals surface area contributed by atoms with Crippen LogP contribution in [0.15, 0.2) is 24.3 Å². The molecular weight excluding hydrogens is 254 g/mol. The number of carbonyl (C=O) groups is 2. The van der Waals surface area contributed by atoms with Gasteiger partial charge in [-0.05, 0) is 23.7 Å². The Balaban J connectivity index is 2.80. The van der Waals surface area contributed by atoms with Crippen LogP contribution in [0.4, 0.5) is 8.78 Å². The molecule has 1 aromatic rings. The summed E-state index contributed by atoms with van der Waals surface area (Å²) in [5.41, 5.74) is 0.124. The van der Waals surface area contributed by atoms with Gasteiger partial charge in [0.15, 0.2) is 5.78 Å². The first-order valence-corrected chi connectivity index (χ1v) is 4.99. The largest absolute Gasteiger partial charge is 0.497 e. The standard InChI is InChI=1S/C11H9ClF2O3/c1-17-8-4-2-3-7(5-8)9(15)6-10(16)11(12,13)14/h2-5H,6H2,1H3. The highest BCUT2D eigenvalue weighted by Gasteiger charge is 2.36. The van der Waals surface area contributed by atoms with E-state index in [4.69, 9.17) is 4.74 Å². The van der Waals surface area contributed by atoms with Crippen molar-refractivity contribution in [3.8, 4) is 5.75 Å². The molecule has 0 unspecified atom stereocenters. The van der Waals surface area contributed by atoms with E-state index < -0.39 is 23.4 Å². The summed E-state index contributed by atoms with van der Waals surface area (Å²) in [7, 11) is 1.40. The molecule has 0 amide bonds. The molecule has 0 saturated heterocycles. The number of methoxy groups -OCH3 is 1. The van der Waals surface area contributed by atoms with Gasteiger partial charge >= 0.3 is 5.38 Å². The molecule has 17 heavy (non-hydrogen) atoms. The summed E-state index contributed by atoms with van der Waals surface area (Å²) in [5.74, 6) is -1.94. The summed E-state index contributed by atoms with van der Waals surface area (Å²) < 4.78 is 29.6. The second kappa shape index (κ2) is 5.23. The maximum absolute atomic E-state index is 12.4. The zero-order valence-corrected chi connectivity index (χ0v) is 9.63. The molecule has 0 aliphatic carbocycles. The second-order valence-electron chi connectivity index (χ2n) is 3.25. The number of benzene rings is 1. The predicted octanol–water partition coefficient (Wildman–Crippen LogP) is 2.67. The van der Waals surface area contributed by atoms with Crippen molar-refractivity contribution < 1.29 is 23.1 Å². The fourth-order valence-electron chi connectivity index (χ4n) is 1.14. The Labute approximate surface area is 101 Å². The monoisotopic (exact) mass is 262 g/mol. The average molecular weight is 263 g/mol. The van der Waals surface area contributed by atoms with Crippen molar-refractivity contribution in [3.63, 3.8) is 0 Å². The minimum Gasteiger partial charge on any atom is -0.497 e. The molecular formula is C11H9ClF2O3. The number of rotatable bonds is 5. The molecule has 0 radical (unpaired) electrons. The molecule has 1 rings (SSSR count). The van der Waals surface area contributed by atoms with E-state index in [0.29, 0.717) is 5.75 Å². The Bertz CT molecular complexity index is 441. The topological polar surface area (TPSA) is 43.4 Å². The van der Waals surface area contributed by atoms with Crippen LogP contribution >= 0.6 is 11.6 Å². The summed E-state index contributed by atoms with van der Waals surface area (Å²) in [4.78, 5) is 22.4. The minimum absolute atomic E-state index is 0.124. The lowest BCUT2D eigenvalue weighted by molar-refractivity contribution is -0.132. The molecule has 0 atom stereocenters. The third kappa shape index (κ3) is 3.78. The average Bonchev–Trinajstić information content (AvgIpc) is 2.27. The Morgan fingerprint density at radius 1 is 1.41 bits per heavy atom. The Morgan fingerprint density at radius 2 is 2.06 bits per heavy atom. The van der Waals surface area contributed by atoms with Crippen molar-refractivity contribution in [1.29, 1.82) is 0 Å². The van der Waals surface area contributed by atoms with E-state index in [1.807, 2.05) is 0 Å². The molecule has 0 aliphatic rings. The van der Waals surface area contributed by atoms with E-state index in [2.05, 4.69) is 11.6 Å². The quantitative estimate of drug-likeness (QED) is 0.465. The number of carbonyl (C=O) groups excluding carboxylic acids is 2. The van der Waals surface area contributed by atoms with Gasteiger partial charge in [-0.3, -0.25) is 9.59 Å². The third-order valence-corrected chi connectivity index (χ3v) is 2.24. The van der Waals surface area contributed by atoms with Crippen LogP contribution in [0.1, 0.15) is 16.8 Å². The molecule has 0 spiro atoms. The van der Waals surface area contributed by atoms with Crippen molar-refractivity contribution in [3.05, 3.63) is 29.8 Å². The van der Waals surface area contributed by atoms with Crippen molar-refractivity contribution >= 4 is 23.2 Å². The lowest BCUT2D eigenvalue weighted by Gasteiger charge is -2.06. The van der Waals surface area contributed by atoms with Gasteiger partial charge in [0.25, 0.3) is 0 Å². The molecule has 1 aromatic carbocycles. The first kappa shape index (κ1) is 13.6. The van der Waals surface area contributed by atoms with Crippen LogP contribution in [0, 0.1) is 0 Å². The smallest absolute Gasteiger partial charge is 0.380 e. The maximum Gasteiger partial charge on any atom is 0.380 e. The van der Waals surface area contributed by atoms with Gasteiger partial charge in [-0.25, -0.2) is 0 Å². The van der Waals surface area contributed by atoms with E-state index in [1.54, 1.807) is 6.07 Å². The number of hydrogen-bond acceptors (Lipinski definition) is 3. The van der Waals surface area contributed by atoms with Crippen LogP contribution in [0.2, 0.25) is 0 Å². The Hall–Kier alpha value is -1.49. The van der Waals surface area contributed by atoms with Gasteiger partial charge in [-0.2, -0.15) is 8.78 Å². The van der Waals surface area contributed by atoms with Crippen LogP contribution in [0.5, 0.6) is 5.75 Å². The van der Waals surface area contributed by atoms with E-state index in [-0.39, 0.29) is 5.56 Å². The zero-order valence-electron chi connectivity index (χ0n) is 8.88. The summed E-state index contributed by atoms with van der Waals surface area (Å²) in [6.07, 6.45) is -0.941. The highest BCUT2D eigenvalue weighted by atomic mass is 35.5. The van der Waals surface area contributed by atoms with Crippen LogP contribution in [-0.2, 0) is 4.79 Å². The number of alkyl halides is 3. The van der Waals surface area contributed by atoms with Gasteiger partial charge in [-0.15, -0.1) is 0 Å². The molecule has 0 aromatic heterocycles. The predicted molar refractivity (Wildman–Crippen MR) is 57.7 cm³/mol. The summed E-state index contributed by atoms with van der Waals surface area (Å²) in [5, 5.41) is -4.01. The summed E-state index contributed by atoms with van der Waals surface area (Å²) >= 11 is 4.51. The fourth-order valence-corrected chi connectivity index (χ4v) is 1.21. The Morgan fingerprint density at radius 3 is 2.59 bits per heavy atom. The van der Waals surface area contributed by atoms with Crippen LogP contribution in [0.3, 0.4) is 0 Å². The molecule has 92 valence electrons. The van der Waals surface area contributed by atoms with E-state index in [1.165, 1.54) is 25.3 Å². The van der Waals surface area contributed by atoms with Crippen LogP contribution < -0.4 is 4.74 Å². The van der Waals surface area contributed by atoms with Gasteiger partial charge < -0.3 is 4.74 Å². The van der Waals surface area contributed by atoms with E-state index >= 15 is 0 Å². The van der Waals surface area contributed by atoms with Crippen LogP contribution in [-0.4, -0.2) is 24.1 Å². The molecule has 0 aliphatic heterocycles. The molecule has 0 bridgehead atoms. The number of hydrogen-bond donors (Lipinski definition) is 0.